The quantitative estimate of drug-likeness (QED) is 0.280. The van der Waals surface area contributed by atoms with Crippen molar-refractivity contribution < 1.29 is 0 Å². The predicted molar refractivity (Wildman–Crippen MR) is 136 cm³/mol. The van der Waals surface area contributed by atoms with Gasteiger partial charge in [-0.15, -0.1) is 22.7 Å². The summed E-state index contributed by atoms with van der Waals surface area (Å²) in [6.07, 6.45) is 3.03. The summed E-state index contributed by atoms with van der Waals surface area (Å²) in [4.78, 5) is 13.6. The first-order valence-electron chi connectivity index (χ1n) is 10.6. The molecule has 2 nitrogen and oxygen atoms in total. The molecule has 4 aromatic heterocycles. The molecule has 31 heavy (non-hydrogen) atoms. The van der Waals surface area contributed by atoms with Crippen molar-refractivity contribution in [3.8, 4) is 21.7 Å². The highest BCUT2D eigenvalue weighted by atomic mass is 32.1. The van der Waals surface area contributed by atoms with Crippen molar-refractivity contribution in [1.29, 1.82) is 0 Å². The number of rotatable bonds is 3. The summed E-state index contributed by atoms with van der Waals surface area (Å²) >= 11 is 3.73. The van der Waals surface area contributed by atoms with Crippen molar-refractivity contribution in [2.45, 2.75) is 41.0 Å². The fraction of sp³-hybridized carbons (Fsp3) is 0.259. The normalized spacial score (nSPS) is 12.2. The van der Waals surface area contributed by atoms with Crippen LogP contribution in [0, 0.1) is 19.3 Å². The zero-order chi connectivity index (χ0) is 21.8. The van der Waals surface area contributed by atoms with Gasteiger partial charge in [-0.2, -0.15) is 0 Å². The molecule has 0 fully saturated rings. The number of pyridine rings is 2. The Morgan fingerprint density at radius 2 is 1.71 bits per heavy atom. The number of nitrogens with zero attached hydrogens (tertiary/aromatic N) is 2. The Labute approximate surface area is 191 Å². The number of thiophene rings is 2. The molecule has 0 aliphatic rings. The van der Waals surface area contributed by atoms with E-state index >= 15 is 0 Å². The minimum Gasteiger partial charge on any atom is -0.256 e. The molecule has 4 heteroatoms. The second-order valence-electron chi connectivity index (χ2n) is 9.48. The monoisotopic (exact) mass is 442 g/mol. The summed E-state index contributed by atoms with van der Waals surface area (Å²) < 4.78 is 1.30. The zero-order valence-electron chi connectivity index (χ0n) is 18.6. The molecule has 0 aliphatic heterocycles. The van der Waals surface area contributed by atoms with Gasteiger partial charge >= 0.3 is 0 Å². The van der Waals surface area contributed by atoms with E-state index in [9.17, 15) is 0 Å². The van der Waals surface area contributed by atoms with E-state index in [0.717, 1.165) is 23.3 Å². The van der Waals surface area contributed by atoms with E-state index < -0.39 is 0 Å². The summed E-state index contributed by atoms with van der Waals surface area (Å²) in [5.41, 5.74) is 5.78. The molecular weight excluding hydrogens is 416 g/mol. The van der Waals surface area contributed by atoms with Crippen LogP contribution >= 0.6 is 22.7 Å². The van der Waals surface area contributed by atoms with Gasteiger partial charge in [-0.1, -0.05) is 20.8 Å². The maximum Gasteiger partial charge on any atom is 0.0726 e. The van der Waals surface area contributed by atoms with Crippen molar-refractivity contribution >= 4 is 43.7 Å². The minimum absolute atomic E-state index is 0.296. The maximum absolute atomic E-state index is 4.82. The first-order chi connectivity index (χ1) is 14.8. The zero-order valence-corrected chi connectivity index (χ0v) is 20.2. The molecule has 0 bridgehead atoms. The number of hydrogen-bond donors (Lipinski definition) is 0. The van der Waals surface area contributed by atoms with Gasteiger partial charge in [0.15, 0.2) is 0 Å². The van der Waals surface area contributed by atoms with E-state index in [1.54, 1.807) is 0 Å². The molecule has 0 spiro atoms. The van der Waals surface area contributed by atoms with Gasteiger partial charge in [-0.3, -0.25) is 9.97 Å². The Bertz CT molecular complexity index is 1420. The van der Waals surface area contributed by atoms with Crippen molar-refractivity contribution in [1.82, 2.24) is 9.97 Å². The molecule has 1 aromatic carbocycles. The lowest BCUT2D eigenvalue weighted by atomic mass is 9.92. The molecule has 0 saturated carbocycles. The molecule has 0 atom stereocenters. The number of fused-ring (bicyclic) bond motifs is 3. The van der Waals surface area contributed by atoms with Crippen LogP contribution in [-0.2, 0) is 6.42 Å². The Morgan fingerprint density at radius 3 is 2.52 bits per heavy atom. The van der Waals surface area contributed by atoms with Crippen molar-refractivity contribution in [3.05, 3.63) is 70.2 Å². The van der Waals surface area contributed by atoms with Crippen molar-refractivity contribution in [2.75, 3.05) is 0 Å². The van der Waals surface area contributed by atoms with Crippen LogP contribution in [0.2, 0.25) is 0 Å². The molecule has 0 unspecified atom stereocenters. The van der Waals surface area contributed by atoms with E-state index in [-0.39, 0.29) is 0 Å². The molecule has 0 aliphatic carbocycles. The lowest BCUT2D eigenvalue weighted by Crippen LogP contribution is -2.07. The largest absolute Gasteiger partial charge is 0.256 e. The highest BCUT2D eigenvalue weighted by Gasteiger charge is 2.16. The van der Waals surface area contributed by atoms with Gasteiger partial charge in [0.2, 0.25) is 0 Å². The van der Waals surface area contributed by atoms with Gasteiger partial charge in [-0.25, -0.2) is 0 Å². The predicted octanol–water partition coefficient (Wildman–Crippen LogP) is 8.45. The Balaban J connectivity index is 1.64. The standard InChI is InChI=1S/C27H26N2S2/c1-16-6-8-20-24(29-16)14-21(22-12-17(2)30-26(20)22)23-13-18(10-11-28-23)25-9-7-19(31-25)15-27(3,4)5/h6-14H,15H2,1-5H3. The van der Waals surface area contributed by atoms with Crippen LogP contribution in [-0.4, -0.2) is 9.97 Å². The maximum atomic E-state index is 4.82. The highest BCUT2D eigenvalue weighted by molar-refractivity contribution is 7.20. The average molecular weight is 443 g/mol. The molecule has 5 rings (SSSR count). The lowest BCUT2D eigenvalue weighted by molar-refractivity contribution is 0.414. The number of aryl methyl sites for hydroxylation is 2. The fourth-order valence-corrected chi connectivity index (χ4v) is 6.47. The Kier molecular flexibility index (Phi) is 4.95. The summed E-state index contributed by atoms with van der Waals surface area (Å²) in [7, 11) is 0. The van der Waals surface area contributed by atoms with Gasteiger partial charge in [0, 0.05) is 47.6 Å². The molecule has 0 N–H and O–H groups in total. The average Bonchev–Trinajstić information content (AvgIpc) is 3.32. The van der Waals surface area contributed by atoms with Crippen LogP contribution < -0.4 is 0 Å². The van der Waals surface area contributed by atoms with Crippen LogP contribution in [0.4, 0.5) is 0 Å². The summed E-state index contributed by atoms with van der Waals surface area (Å²) in [5.74, 6) is 0. The van der Waals surface area contributed by atoms with Crippen LogP contribution in [0.25, 0.3) is 42.7 Å². The van der Waals surface area contributed by atoms with Crippen LogP contribution in [0.1, 0.15) is 36.2 Å². The van der Waals surface area contributed by atoms with E-state index in [1.165, 1.54) is 41.2 Å². The first-order valence-corrected chi connectivity index (χ1v) is 12.3. The second kappa shape index (κ2) is 7.54. The third kappa shape index (κ3) is 4.02. The van der Waals surface area contributed by atoms with E-state index in [1.807, 2.05) is 35.8 Å². The number of aromatic nitrogens is 2. The number of hydrogen-bond acceptors (Lipinski definition) is 4. The van der Waals surface area contributed by atoms with Gasteiger partial charge < -0.3 is 0 Å². The van der Waals surface area contributed by atoms with Crippen molar-refractivity contribution in [3.63, 3.8) is 0 Å². The molecule has 0 amide bonds. The van der Waals surface area contributed by atoms with Gasteiger partial charge in [0.05, 0.1) is 11.2 Å². The molecule has 5 aromatic rings. The summed E-state index contributed by atoms with van der Waals surface area (Å²) in [5, 5.41) is 2.49. The van der Waals surface area contributed by atoms with Gasteiger partial charge in [0.1, 0.15) is 0 Å². The van der Waals surface area contributed by atoms with E-state index in [2.05, 4.69) is 76.2 Å². The van der Waals surface area contributed by atoms with Crippen LogP contribution in [0.5, 0.6) is 0 Å². The third-order valence-corrected chi connectivity index (χ3v) is 7.64. The van der Waals surface area contributed by atoms with Gasteiger partial charge in [-0.05, 0) is 79.8 Å². The Hall–Kier alpha value is -2.56. The molecule has 0 saturated heterocycles. The Morgan fingerprint density at radius 1 is 0.871 bits per heavy atom. The second-order valence-corrected chi connectivity index (χ2v) is 11.9. The minimum atomic E-state index is 0.296. The third-order valence-electron chi connectivity index (χ3n) is 5.42. The molecule has 0 radical (unpaired) electrons. The highest BCUT2D eigenvalue weighted by Crippen LogP contribution is 2.40. The summed E-state index contributed by atoms with van der Waals surface area (Å²) in [6.45, 7) is 11.1. The smallest absolute Gasteiger partial charge is 0.0726 e. The van der Waals surface area contributed by atoms with E-state index in [4.69, 9.17) is 9.97 Å². The lowest BCUT2D eigenvalue weighted by Gasteiger charge is -2.16. The molecule has 4 heterocycles. The SMILES string of the molecule is Cc1ccc2c(cc(-c3cc(-c4ccc(CC(C)(C)C)s4)ccn3)c3cc(C)sc32)n1. The van der Waals surface area contributed by atoms with Crippen LogP contribution in [0.15, 0.2) is 54.7 Å². The molecular formula is C27H26N2S2. The fourth-order valence-electron chi connectivity index (χ4n) is 4.10. The number of benzene rings is 1. The van der Waals surface area contributed by atoms with Gasteiger partial charge in [0.25, 0.3) is 0 Å². The first kappa shape index (κ1) is 20.3. The van der Waals surface area contributed by atoms with Crippen molar-refractivity contribution in [2.24, 2.45) is 5.41 Å². The topological polar surface area (TPSA) is 25.8 Å². The van der Waals surface area contributed by atoms with E-state index in [0.29, 0.717) is 5.41 Å². The molecule has 156 valence electrons. The van der Waals surface area contributed by atoms with Crippen LogP contribution in [0.3, 0.4) is 0 Å². The summed E-state index contributed by atoms with van der Waals surface area (Å²) in [6, 6.07) is 17.7.